The predicted molar refractivity (Wildman–Crippen MR) is 89.3 cm³/mol. The summed E-state index contributed by atoms with van der Waals surface area (Å²) in [6, 6.07) is 9.06. The number of carbonyl (C=O) groups excluding carboxylic acids is 1. The lowest BCUT2D eigenvalue weighted by molar-refractivity contribution is 0.0525. The normalized spacial score (nSPS) is 10.3. The Kier molecular flexibility index (Phi) is 6.44. The second-order valence-corrected chi connectivity index (χ2v) is 5.26. The maximum atomic E-state index is 13.2. The van der Waals surface area contributed by atoms with Gasteiger partial charge in [-0.15, -0.1) is 0 Å². The minimum absolute atomic E-state index is 0.121. The van der Waals surface area contributed by atoms with E-state index in [0.29, 0.717) is 23.7 Å². The lowest BCUT2D eigenvalue weighted by atomic mass is 10.2. The Labute approximate surface area is 145 Å². The van der Waals surface area contributed by atoms with Gasteiger partial charge in [0.05, 0.1) is 23.8 Å². The van der Waals surface area contributed by atoms with Crippen LogP contribution in [0, 0.1) is 5.82 Å². The number of ether oxygens (including phenoxy) is 3. The molecular weight excluding hydrogens is 335 g/mol. The highest BCUT2D eigenvalue weighted by Crippen LogP contribution is 2.37. The number of carbonyl (C=O) groups is 1. The molecule has 0 aliphatic carbocycles. The van der Waals surface area contributed by atoms with E-state index in [1.54, 1.807) is 26.0 Å². The zero-order valence-electron chi connectivity index (χ0n) is 13.5. The zero-order valence-corrected chi connectivity index (χ0v) is 14.2. The van der Waals surface area contributed by atoms with Gasteiger partial charge >= 0.3 is 5.97 Å². The zero-order chi connectivity index (χ0) is 17.5. The van der Waals surface area contributed by atoms with Crippen molar-refractivity contribution in [3.05, 3.63) is 58.4 Å². The van der Waals surface area contributed by atoms with Crippen LogP contribution in [0.4, 0.5) is 4.39 Å². The molecule has 2 aromatic carbocycles. The Hall–Kier alpha value is -2.27. The highest BCUT2D eigenvalue weighted by molar-refractivity contribution is 6.32. The highest BCUT2D eigenvalue weighted by Gasteiger charge is 2.17. The van der Waals surface area contributed by atoms with Gasteiger partial charge in [-0.25, -0.2) is 9.18 Å². The number of halogens is 2. The first kappa shape index (κ1) is 18.1. The molecular formula is C18H18ClFO4. The Morgan fingerprint density at radius 2 is 1.92 bits per heavy atom. The molecule has 0 aliphatic rings. The summed E-state index contributed by atoms with van der Waals surface area (Å²) in [5.41, 5.74) is 0.936. The van der Waals surface area contributed by atoms with Crippen molar-refractivity contribution in [1.29, 1.82) is 0 Å². The van der Waals surface area contributed by atoms with E-state index in [1.807, 2.05) is 0 Å². The summed E-state index contributed by atoms with van der Waals surface area (Å²) < 4.78 is 29.4. The molecule has 0 heterocycles. The number of hydrogen-bond donors (Lipinski definition) is 0. The van der Waals surface area contributed by atoms with Crippen molar-refractivity contribution in [2.24, 2.45) is 0 Å². The van der Waals surface area contributed by atoms with Gasteiger partial charge in [0.25, 0.3) is 0 Å². The third kappa shape index (κ3) is 4.61. The van der Waals surface area contributed by atoms with Gasteiger partial charge in [0.1, 0.15) is 12.4 Å². The summed E-state index contributed by atoms with van der Waals surface area (Å²) in [7, 11) is 0. The fourth-order valence-electron chi connectivity index (χ4n) is 2.09. The van der Waals surface area contributed by atoms with Crippen LogP contribution in [-0.4, -0.2) is 19.2 Å². The molecule has 0 fully saturated rings. The molecule has 0 spiro atoms. The van der Waals surface area contributed by atoms with Crippen LogP contribution >= 0.6 is 11.6 Å². The van der Waals surface area contributed by atoms with Crippen LogP contribution in [0.3, 0.4) is 0 Å². The van der Waals surface area contributed by atoms with Crippen molar-refractivity contribution in [2.45, 2.75) is 20.5 Å². The van der Waals surface area contributed by atoms with Crippen LogP contribution in [0.25, 0.3) is 0 Å². The Bertz CT molecular complexity index is 718. The quantitative estimate of drug-likeness (QED) is 0.681. The maximum absolute atomic E-state index is 13.2. The maximum Gasteiger partial charge on any atom is 0.338 e. The standard InChI is InChI=1S/C18H18ClFO4/c1-3-22-16-10-13(18(21)23-4-2)9-15(19)17(16)24-11-12-6-5-7-14(20)8-12/h5-10H,3-4,11H2,1-2H3. The summed E-state index contributed by atoms with van der Waals surface area (Å²) in [4.78, 5) is 11.9. The van der Waals surface area contributed by atoms with E-state index < -0.39 is 5.97 Å². The van der Waals surface area contributed by atoms with Crippen LogP contribution in [0.2, 0.25) is 5.02 Å². The molecule has 128 valence electrons. The molecule has 0 radical (unpaired) electrons. The van der Waals surface area contributed by atoms with Gasteiger partial charge in [-0.2, -0.15) is 0 Å². The van der Waals surface area contributed by atoms with Gasteiger partial charge in [0, 0.05) is 0 Å². The minimum atomic E-state index is -0.489. The topological polar surface area (TPSA) is 44.8 Å². The predicted octanol–water partition coefficient (Wildman–Crippen LogP) is 4.63. The summed E-state index contributed by atoms with van der Waals surface area (Å²) >= 11 is 6.23. The van der Waals surface area contributed by atoms with E-state index in [9.17, 15) is 9.18 Å². The van der Waals surface area contributed by atoms with Crippen LogP contribution in [0.1, 0.15) is 29.8 Å². The lowest BCUT2D eigenvalue weighted by Crippen LogP contribution is -2.07. The average molecular weight is 353 g/mol. The average Bonchev–Trinajstić information content (AvgIpc) is 2.54. The van der Waals surface area contributed by atoms with Crippen LogP contribution < -0.4 is 9.47 Å². The molecule has 0 aromatic heterocycles. The van der Waals surface area contributed by atoms with E-state index in [-0.39, 0.29) is 29.6 Å². The van der Waals surface area contributed by atoms with Crippen LogP contribution in [0.5, 0.6) is 11.5 Å². The van der Waals surface area contributed by atoms with Crippen molar-refractivity contribution in [3.63, 3.8) is 0 Å². The van der Waals surface area contributed by atoms with E-state index in [4.69, 9.17) is 25.8 Å². The Balaban J connectivity index is 2.25. The lowest BCUT2D eigenvalue weighted by Gasteiger charge is -2.15. The molecule has 24 heavy (non-hydrogen) atoms. The molecule has 0 aliphatic heterocycles. The first-order chi connectivity index (χ1) is 11.5. The summed E-state index contributed by atoms with van der Waals surface area (Å²) in [6.45, 7) is 4.29. The fourth-order valence-corrected chi connectivity index (χ4v) is 2.35. The van der Waals surface area contributed by atoms with Crippen LogP contribution in [-0.2, 0) is 11.3 Å². The molecule has 0 bridgehead atoms. The summed E-state index contributed by atoms with van der Waals surface area (Å²) in [5.74, 6) is -0.192. The van der Waals surface area contributed by atoms with Gasteiger partial charge in [0.15, 0.2) is 11.5 Å². The summed E-state index contributed by atoms with van der Waals surface area (Å²) in [5, 5.41) is 0.223. The van der Waals surface area contributed by atoms with Gasteiger partial charge in [-0.1, -0.05) is 23.7 Å². The molecule has 0 unspecified atom stereocenters. The van der Waals surface area contributed by atoms with Crippen molar-refractivity contribution in [1.82, 2.24) is 0 Å². The van der Waals surface area contributed by atoms with Gasteiger partial charge in [-0.3, -0.25) is 0 Å². The van der Waals surface area contributed by atoms with Crippen LogP contribution in [0.15, 0.2) is 36.4 Å². The number of esters is 1. The minimum Gasteiger partial charge on any atom is -0.490 e. The monoisotopic (exact) mass is 352 g/mol. The number of rotatable bonds is 7. The highest BCUT2D eigenvalue weighted by atomic mass is 35.5. The number of benzene rings is 2. The first-order valence-corrected chi connectivity index (χ1v) is 7.93. The molecule has 0 amide bonds. The van der Waals surface area contributed by atoms with Crippen molar-refractivity contribution < 1.29 is 23.4 Å². The van der Waals surface area contributed by atoms with Crippen molar-refractivity contribution >= 4 is 17.6 Å². The molecule has 0 N–H and O–H groups in total. The molecule has 0 saturated carbocycles. The SMILES string of the molecule is CCOC(=O)c1cc(Cl)c(OCc2cccc(F)c2)c(OCC)c1. The van der Waals surface area contributed by atoms with Gasteiger partial charge in [0.2, 0.25) is 0 Å². The van der Waals surface area contributed by atoms with E-state index in [1.165, 1.54) is 24.3 Å². The molecule has 0 atom stereocenters. The Morgan fingerprint density at radius 3 is 2.58 bits per heavy atom. The Morgan fingerprint density at radius 1 is 1.12 bits per heavy atom. The fraction of sp³-hybridized carbons (Fsp3) is 0.278. The second-order valence-electron chi connectivity index (χ2n) is 4.86. The van der Waals surface area contributed by atoms with E-state index in [0.717, 1.165) is 0 Å². The van der Waals surface area contributed by atoms with E-state index in [2.05, 4.69) is 0 Å². The molecule has 6 heteroatoms. The third-order valence-corrected chi connectivity index (χ3v) is 3.37. The third-order valence-electron chi connectivity index (χ3n) is 3.09. The largest absolute Gasteiger partial charge is 0.490 e. The van der Waals surface area contributed by atoms with E-state index >= 15 is 0 Å². The molecule has 2 aromatic rings. The number of hydrogen-bond acceptors (Lipinski definition) is 4. The first-order valence-electron chi connectivity index (χ1n) is 7.55. The van der Waals surface area contributed by atoms with Gasteiger partial charge in [-0.05, 0) is 43.7 Å². The summed E-state index contributed by atoms with van der Waals surface area (Å²) in [6.07, 6.45) is 0. The second kappa shape index (κ2) is 8.55. The molecule has 2 rings (SSSR count). The van der Waals surface area contributed by atoms with Gasteiger partial charge < -0.3 is 14.2 Å². The molecule has 0 saturated heterocycles. The molecule has 4 nitrogen and oxygen atoms in total. The smallest absolute Gasteiger partial charge is 0.338 e. The van der Waals surface area contributed by atoms with Crippen molar-refractivity contribution in [2.75, 3.05) is 13.2 Å². The van der Waals surface area contributed by atoms with Crippen molar-refractivity contribution in [3.8, 4) is 11.5 Å².